The van der Waals surface area contributed by atoms with Crippen molar-refractivity contribution in [3.63, 3.8) is 0 Å². The van der Waals surface area contributed by atoms with Crippen molar-refractivity contribution in [2.45, 2.75) is 51.0 Å². The summed E-state index contributed by atoms with van der Waals surface area (Å²) >= 11 is 1.92. The Bertz CT molecular complexity index is 478. The summed E-state index contributed by atoms with van der Waals surface area (Å²) in [6.45, 7) is 0.422. The molecule has 1 aliphatic heterocycles. The number of rotatable bonds is 4. The maximum Gasteiger partial charge on any atom is 0.311 e. The summed E-state index contributed by atoms with van der Waals surface area (Å²) < 4.78 is 1.76. The van der Waals surface area contributed by atoms with Gasteiger partial charge < -0.3 is 5.11 Å². The fourth-order valence-corrected chi connectivity index (χ4v) is 4.53. The highest BCUT2D eigenvalue weighted by Crippen LogP contribution is 2.39. The maximum atomic E-state index is 11.7. The average molecular weight is 296 g/mol. The maximum absolute atomic E-state index is 11.7. The van der Waals surface area contributed by atoms with Gasteiger partial charge in [-0.25, -0.2) is 4.68 Å². The van der Waals surface area contributed by atoms with Crippen LogP contribution in [0.4, 0.5) is 0 Å². The summed E-state index contributed by atoms with van der Waals surface area (Å²) in [6.07, 6.45) is 5.68. The molecule has 3 rings (SSSR count). The van der Waals surface area contributed by atoms with Crippen LogP contribution in [0, 0.1) is 5.41 Å². The van der Waals surface area contributed by atoms with E-state index >= 15 is 0 Å². The lowest BCUT2D eigenvalue weighted by molar-refractivity contribution is -0.152. The van der Waals surface area contributed by atoms with Crippen molar-refractivity contribution in [1.29, 1.82) is 0 Å². The van der Waals surface area contributed by atoms with E-state index in [1.807, 2.05) is 11.8 Å². The quantitative estimate of drug-likeness (QED) is 0.914. The van der Waals surface area contributed by atoms with Gasteiger partial charge in [-0.15, -0.1) is 5.10 Å². The second kappa shape index (κ2) is 5.71. The standard InChI is InChI=1S/C13H20N4O2S/c18-12(19)13(5-2-1-3-6-13)9-17-11(14-15-16-17)10-4-7-20-8-10/h10H,1-9H2,(H,18,19). The van der Waals surface area contributed by atoms with E-state index in [1.54, 1.807) is 4.68 Å². The minimum Gasteiger partial charge on any atom is -0.481 e. The van der Waals surface area contributed by atoms with Crippen molar-refractivity contribution in [2.24, 2.45) is 5.41 Å². The van der Waals surface area contributed by atoms with Gasteiger partial charge in [0.25, 0.3) is 0 Å². The summed E-state index contributed by atoms with van der Waals surface area (Å²) in [5.41, 5.74) is -0.672. The van der Waals surface area contributed by atoms with Gasteiger partial charge in [-0.1, -0.05) is 19.3 Å². The minimum atomic E-state index is -0.695. The Kier molecular flexibility index (Phi) is 3.96. The zero-order chi connectivity index (χ0) is 14.0. The van der Waals surface area contributed by atoms with E-state index in [1.165, 1.54) is 0 Å². The Balaban J connectivity index is 1.82. The summed E-state index contributed by atoms with van der Waals surface area (Å²) in [7, 11) is 0. The van der Waals surface area contributed by atoms with Crippen LogP contribution in [-0.4, -0.2) is 42.8 Å². The lowest BCUT2D eigenvalue weighted by Gasteiger charge is -2.33. The zero-order valence-corrected chi connectivity index (χ0v) is 12.3. The number of carbonyl (C=O) groups is 1. The molecule has 0 bridgehead atoms. The first kappa shape index (κ1) is 13.9. The number of aliphatic carboxylic acids is 1. The summed E-state index contributed by atoms with van der Waals surface area (Å²) in [6, 6.07) is 0. The van der Waals surface area contributed by atoms with Crippen LogP contribution in [0.1, 0.15) is 50.3 Å². The van der Waals surface area contributed by atoms with Crippen LogP contribution in [0.25, 0.3) is 0 Å². The topological polar surface area (TPSA) is 80.9 Å². The molecule has 1 aromatic rings. The van der Waals surface area contributed by atoms with Crippen LogP contribution < -0.4 is 0 Å². The molecule has 0 amide bonds. The van der Waals surface area contributed by atoms with Gasteiger partial charge in [0.2, 0.25) is 0 Å². The molecule has 7 heteroatoms. The van der Waals surface area contributed by atoms with Gasteiger partial charge in [0.1, 0.15) is 0 Å². The van der Waals surface area contributed by atoms with Gasteiger partial charge in [0, 0.05) is 11.7 Å². The lowest BCUT2D eigenvalue weighted by Crippen LogP contribution is -2.38. The fourth-order valence-electron chi connectivity index (χ4n) is 3.31. The third kappa shape index (κ3) is 2.55. The number of carboxylic acid groups (broad SMARTS) is 1. The molecule has 2 heterocycles. The molecule has 1 saturated carbocycles. The van der Waals surface area contributed by atoms with Crippen molar-refractivity contribution >= 4 is 17.7 Å². The molecule has 0 radical (unpaired) electrons. The van der Waals surface area contributed by atoms with Crippen LogP contribution in [0.2, 0.25) is 0 Å². The molecule has 110 valence electrons. The number of thioether (sulfide) groups is 1. The van der Waals surface area contributed by atoms with Gasteiger partial charge >= 0.3 is 5.97 Å². The molecule has 1 unspecified atom stereocenters. The van der Waals surface area contributed by atoms with Crippen LogP contribution in [0.15, 0.2) is 0 Å². The molecule has 20 heavy (non-hydrogen) atoms. The van der Waals surface area contributed by atoms with Crippen LogP contribution in [0.5, 0.6) is 0 Å². The molecule has 1 atom stereocenters. The highest BCUT2D eigenvalue weighted by Gasteiger charge is 2.41. The number of nitrogens with zero attached hydrogens (tertiary/aromatic N) is 4. The van der Waals surface area contributed by atoms with E-state index in [4.69, 9.17) is 0 Å². The average Bonchev–Trinajstić information content (AvgIpc) is 3.10. The molecule has 2 aliphatic rings. The van der Waals surface area contributed by atoms with Gasteiger partial charge in [-0.2, -0.15) is 11.8 Å². The Labute approximate surface area is 122 Å². The predicted molar refractivity (Wildman–Crippen MR) is 75.7 cm³/mol. The minimum absolute atomic E-state index is 0.379. The van der Waals surface area contributed by atoms with E-state index in [2.05, 4.69) is 15.5 Å². The van der Waals surface area contributed by atoms with E-state index < -0.39 is 11.4 Å². The van der Waals surface area contributed by atoms with E-state index in [9.17, 15) is 9.90 Å². The van der Waals surface area contributed by atoms with Crippen LogP contribution in [0.3, 0.4) is 0 Å². The van der Waals surface area contributed by atoms with E-state index in [-0.39, 0.29) is 0 Å². The third-order valence-corrected chi connectivity index (χ3v) is 5.73. The van der Waals surface area contributed by atoms with Gasteiger partial charge in [0.15, 0.2) is 5.82 Å². The molecular weight excluding hydrogens is 276 g/mol. The highest BCUT2D eigenvalue weighted by molar-refractivity contribution is 7.99. The largest absolute Gasteiger partial charge is 0.481 e. The van der Waals surface area contributed by atoms with Crippen molar-refractivity contribution in [1.82, 2.24) is 20.2 Å². The fraction of sp³-hybridized carbons (Fsp3) is 0.846. The van der Waals surface area contributed by atoms with Crippen molar-refractivity contribution in [2.75, 3.05) is 11.5 Å². The van der Waals surface area contributed by atoms with E-state index in [0.29, 0.717) is 12.5 Å². The molecule has 0 aromatic carbocycles. The smallest absolute Gasteiger partial charge is 0.311 e. The van der Waals surface area contributed by atoms with Crippen LogP contribution in [-0.2, 0) is 11.3 Å². The number of carboxylic acids is 1. The first-order valence-corrected chi connectivity index (χ1v) is 8.44. The van der Waals surface area contributed by atoms with Gasteiger partial charge in [-0.3, -0.25) is 4.79 Å². The molecule has 1 aromatic heterocycles. The SMILES string of the molecule is O=C(O)C1(Cn2nnnc2C2CCSC2)CCCCC1. The van der Waals surface area contributed by atoms with Crippen LogP contribution >= 0.6 is 11.8 Å². The number of tetrazole rings is 1. The lowest BCUT2D eigenvalue weighted by atomic mass is 9.74. The summed E-state index contributed by atoms with van der Waals surface area (Å²) in [4.78, 5) is 11.7. The van der Waals surface area contributed by atoms with Crippen molar-refractivity contribution < 1.29 is 9.90 Å². The molecule has 1 saturated heterocycles. The molecule has 2 fully saturated rings. The normalized spacial score (nSPS) is 25.7. The van der Waals surface area contributed by atoms with Gasteiger partial charge in [-0.05, 0) is 35.4 Å². The highest BCUT2D eigenvalue weighted by atomic mass is 32.2. The Morgan fingerprint density at radius 1 is 1.40 bits per heavy atom. The monoisotopic (exact) mass is 296 g/mol. The molecule has 1 N–H and O–H groups in total. The first-order valence-electron chi connectivity index (χ1n) is 7.28. The Morgan fingerprint density at radius 3 is 2.85 bits per heavy atom. The Morgan fingerprint density at radius 2 is 2.20 bits per heavy atom. The summed E-state index contributed by atoms with van der Waals surface area (Å²) in [5, 5.41) is 21.7. The zero-order valence-electron chi connectivity index (χ0n) is 11.5. The molecule has 6 nitrogen and oxygen atoms in total. The Hall–Kier alpha value is -1.11. The molecular formula is C13H20N4O2S. The third-order valence-electron chi connectivity index (χ3n) is 4.57. The summed E-state index contributed by atoms with van der Waals surface area (Å²) in [5.74, 6) is 2.74. The first-order chi connectivity index (χ1) is 9.71. The predicted octanol–water partition coefficient (Wildman–Crippen LogP) is 1.93. The van der Waals surface area contributed by atoms with E-state index in [0.717, 1.165) is 55.9 Å². The molecule has 1 aliphatic carbocycles. The number of hydrogen-bond acceptors (Lipinski definition) is 5. The number of aromatic nitrogens is 4. The number of hydrogen-bond donors (Lipinski definition) is 1. The molecule has 0 spiro atoms. The van der Waals surface area contributed by atoms with Crippen molar-refractivity contribution in [3.05, 3.63) is 5.82 Å². The second-order valence-corrected chi connectivity index (χ2v) is 7.05. The second-order valence-electron chi connectivity index (χ2n) is 5.90. The van der Waals surface area contributed by atoms with Crippen molar-refractivity contribution in [3.8, 4) is 0 Å². The van der Waals surface area contributed by atoms with Gasteiger partial charge in [0.05, 0.1) is 12.0 Å².